The van der Waals surface area contributed by atoms with E-state index in [1.807, 2.05) is 0 Å². The molecule has 0 radical (unpaired) electrons. The highest BCUT2D eigenvalue weighted by molar-refractivity contribution is 5.76. The third kappa shape index (κ3) is 49.9. The van der Waals surface area contributed by atoms with Gasteiger partial charge in [-0.2, -0.15) is 0 Å². The zero-order valence-electron chi connectivity index (χ0n) is 42.6. The van der Waals surface area contributed by atoms with E-state index in [1.54, 1.807) is 0 Å². The van der Waals surface area contributed by atoms with Gasteiger partial charge in [-0.1, -0.05) is 270 Å². The van der Waals surface area contributed by atoms with Gasteiger partial charge in [-0.25, -0.2) is 0 Å². The molecule has 0 fully saturated rings. The molecule has 0 aromatic carbocycles. The summed E-state index contributed by atoms with van der Waals surface area (Å²) in [6, 6.07) is -0.539. The van der Waals surface area contributed by atoms with E-state index < -0.39 is 12.1 Å². The summed E-state index contributed by atoms with van der Waals surface area (Å²) in [5.74, 6) is -0.0304. The Hall–Kier alpha value is -1.40. The highest BCUT2D eigenvalue weighted by Gasteiger charge is 2.20. The maximum atomic E-state index is 12.4. The Labute approximate surface area is 393 Å². The number of allylic oxidation sites excluding steroid dienone is 2. The summed E-state index contributed by atoms with van der Waals surface area (Å²) in [7, 11) is 0. The number of aliphatic hydroxyl groups excluding tert-OH is 2. The molecule has 3 N–H and O–H groups in total. The van der Waals surface area contributed by atoms with Crippen LogP contribution in [0.2, 0.25) is 0 Å². The van der Waals surface area contributed by atoms with Crippen molar-refractivity contribution >= 4 is 11.9 Å². The fourth-order valence-electron chi connectivity index (χ4n) is 8.92. The van der Waals surface area contributed by atoms with Crippen LogP contribution in [0.25, 0.3) is 0 Å². The number of rotatable bonds is 53. The Bertz CT molecular complexity index is 939. The van der Waals surface area contributed by atoms with Crippen molar-refractivity contribution in [1.29, 1.82) is 0 Å². The number of aliphatic hydroxyl groups is 2. The quantitative estimate of drug-likeness (QED) is 0.0321. The Morgan fingerprint density at radius 1 is 0.429 bits per heavy atom. The van der Waals surface area contributed by atoms with E-state index >= 15 is 0 Å². The van der Waals surface area contributed by atoms with E-state index in [1.165, 1.54) is 238 Å². The molecule has 2 atom stereocenters. The lowest BCUT2D eigenvalue weighted by molar-refractivity contribution is -0.143. The van der Waals surface area contributed by atoms with Crippen LogP contribution in [0.15, 0.2) is 12.2 Å². The molecule has 6 heteroatoms. The molecule has 0 saturated heterocycles. The smallest absolute Gasteiger partial charge is 0.305 e. The normalized spacial score (nSPS) is 12.6. The number of carbonyl (C=O) groups is 2. The van der Waals surface area contributed by atoms with E-state index in [4.69, 9.17) is 4.74 Å². The highest BCUT2D eigenvalue weighted by Crippen LogP contribution is 2.18. The van der Waals surface area contributed by atoms with Crippen molar-refractivity contribution in [3.8, 4) is 0 Å². The van der Waals surface area contributed by atoms with Crippen molar-refractivity contribution in [1.82, 2.24) is 5.32 Å². The number of nitrogens with one attached hydrogen (secondary N) is 1. The van der Waals surface area contributed by atoms with Crippen molar-refractivity contribution in [3.05, 3.63) is 12.2 Å². The molecule has 0 heterocycles. The van der Waals surface area contributed by atoms with E-state index in [2.05, 4.69) is 31.3 Å². The predicted molar refractivity (Wildman–Crippen MR) is 273 cm³/mol. The zero-order chi connectivity index (χ0) is 45.8. The second-order valence-electron chi connectivity index (χ2n) is 19.6. The molecule has 0 aliphatic rings. The van der Waals surface area contributed by atoms with Crippen LogP contribution in [0.5, 0.6) is 0 Å². The molecule has 0 bridgehead atoms. The Morgan fingerprint density at radius 3 is 1.17 bits per heavy atom. The molecule has 0 aliphatic heterocycles. The Morgan fingerprint density at radius 2 is 0.762 bits per heavy atom. The van der Waals surface area contributed by atoms with Crippen molar-refractivity contribution in [3.63, 3.8) is 0 Å². The maximum Gasteiger partial charge on any atom is 0.305 e. The lowest BCUT2D eigenvalue weighted by Gasteiger charge is -2.22. The Kier molecular flexibility index (Phi) is 52.0. The first-order valence-corrected chi connectivity index (χ1v) is 28.4. The molecule has 0 aromatic rings. The number of hydrogen-bond acceptors (Lipinski definition) is 5. The van der Waals surface area contributed by atoms with Crippen molar-refractivity contribution in [2.75, 3.05) is 13.2 Å². The first kappa shape index (κ1) is 61.6. The minimum absolute atomic E-state index is 0.00351. The molecule has 2 unspecified atom stereocenters. The predicted octanol–water partition coefficient (Wildman–Crippen LogP) is 17.3. The third-order valence-electron chi connectivity index (χ3n) is 13.3. The van der Waals surface area contributed by atoms with Crippen LogP contribution in [0, 0.1) is 0 Å². The highest BCUT2D eigenvalue weighted by atomic mass is 16.5. The van der Waals surface area contributed by atoms with Gasteiger partial charge in [-0.05, 0) is 44.9 Å². The second-order valence-corrected chi connectivity index (χ2v) is 19.6. The number of unbranched alkanes of at least 4 members (excludes halogenated alkanes) is 40. The van der Waals surface area contributed by atoms with Gasteiger partial charge in [0.1, 0.15) is 0 Å². The minimum Gasteiger partial charge on any atom is -0.466 e. The van der Waals surface area contributed by atoms with Gasteiger partial charge < -0.3 is 20.3 Å². The topological polar surface area (TPSA) is 95.9 Å². The molecular formula is C57H111NO5. The van der Waals surface area contributed by atoms with E-state index in [0.717, 1.165) is 44.9 Å². The molecule has 0 aliphatic carbocycles. The molecule has 0 rings (SSSR count). The van der Waals surface area contributed by atoms with Gasteiger partial charge in [0.25, 0.3) is 0 Å². The molecule has 6 nitrogen and oxygen atoms in total. The van der Waals surface area contributed by atoms with Crippen LogP contribution in [0.4, 0.5) is 0 Å². The summed E-state index contributed by atoms with van der Waals surface area (Å²) in [5, 5.41) is 23.2. The number of esters is 1. The van der Waals surface area contributed by atoms with Gasteiger partial charge in [0.2, 0.25) is 5.91 Å². The molecule has 0 spiro atoms. The first-order chi connectivity index (χ1) is 31.0. The van der Waals surface area contributed by atoms with E-state index in [-0.39, 0.29) is 18.5 Å². The summed E-state index contributed by atoms with van der Waals surface area (Å²) < 4.78 is 5.46. The molecule has 374 valence electrons. The van der Waals surface area contributed by atoms with E-state index in [9.17, 15) is 19.8 Å². The monoisotopic (exact) mass is 890 g/mol. The fourth-order valence-corrected chi connectivity index (χ4v) is 8.92. The van der Waals surface area contributed by atoms with Crippen LogP contribution in [0.1, 0.15) is 316 Å². The summed E-state index contributed by atoms with van der Waals surface area (Å²) in [4.78, 5) is 24.4. The van der Waals surface area contributed by atoms with Crippen LogP contribution in [-0.4, -0.2) is 47.4 Å². The first-order valence-electron chi connectivity index (χ1n) is 28.4. The van der Waals surface area contributed by atoms with Gasteiger partial charge in [0.15, 0.2) is 0 Å². The van der Waals surface area contributed by atoms with Gasteiger partial charge in [0.05, 0.1) is 25.4 Å². The van der Waals surface area contributed by atoms with Crippen molar-refractivity contribution < 1.29 is 24.5 Å². The third-order valence-corrected chi connectivity index (χ3v) is 13.3. The summed E-state index contributed by atoms with van der Waals surface area (Å²) >= 11 is 0. The van der Waals surface area contributed by atoms with E-state index in [0.29, 0.717) is 25.9 Å². The zero-order valence-corrected chi connectivity index (χ0v) is 42.6. The van der Waals surface area contributed by atoms with Crippen molar-refractivity contribution in [2.45, 2.75) is 328 Å². The second kappa shape index (κ2) is 53.2. The summed E-state index contributed by atoms with van der Waals surface area (Å²) in [6.07, 6.45) is 62.1. The lowest BCUT2D eigenvalue weighted by atomic mass is 10.0. The summed E-state index contributed by atoms with van der Waals surface area (Å²) in [6.45, 7) is 4.92. The van der Waals surface area contributed by atoms with Crippen LogP contribution in [-0.2, 0) is 14.3 Å². The average Bonchev–Trinajstić information content (AvgIpc) is 3.28. The largest absolute Gasteiger partial charge is 0.466 e. The number of carbonyl (C=O) groups excluding carboxylic acids is 2. The maximum absolute atomic E-state index is 12.4. The Balaban J connectivity index is 3.36. The summed E-state index contributed by atoms with van der Waals surface area (Å²) in [5.41, 5.74) is 0. The molecule has 0 aromatic heterocycles. The lowest BCUT2D eigenvalue weighted by Crippen LogP contribution is -2.45. The van der Waals surface area contributed by atoms with Crippen LogP contribution in [0.3, 0.4) is 0 Å². The van der Waals surface area contributed by atoms with Crippen LogP contribution < -0.4 is 5.32 Å². The minimum atomic E-state index is -0.662. The number of hydrogen-bond donors (Lipinski definition) is 3. The molecular weight excluding hydrogens is 779 g/mol. The SMILES string of the molecule is CCCC/C=C\CCCCCCCC(=O)OCCCCCCCCCCCCCCCCCCCCCCCCCC(=O)NC(CO)C(O)CCCCCCCCCCCCCC. The van der Waals surface area contributed by atoms with Gasteiger partial charge in [-0.15, -0.1) is 0 Å². The average molecular weight is 891 g/mol. The van der Waals surface area contributed by atoms with Gasteiger partial charge in [0, 0.05) is 12.8 Å². The molecule has 0 saturated carbocycles. The number of amides is 1. The number of ether oxygens (including phenoxy) is 1. The van der Waals surface area contributed by atoms with Crippen LogP contribution >= 0.6 is 0 Å². The standard InChI is InChI=1S/C57H111NO5/c1-3-5-7-9-11-13-15-30-33-37-41-45-49-55(60)54(53-59)58-56(61)50-46-42-38-34-31-27-25-23-21-19-17-16-18-20-22-24-26-28-32-36-40-44-48-52-63-57(62)51-47-43-39-35-29-14-12-10-8-6-4-2/h10,12,54-55,59-60H,3-9,11,13-53H2,1-2H3,(H,58,61)/b12-10-. The van der Waals surface area contributed by atoms with Gasteiger partial charge in [-0.3, -0.25) is 9.59 Å². The van der Waals surface area contributed by atoms with Crippen molar-refractivity contribution in [2.24, 2.45) is 0 Å². The molecule has 1 amide bonds. The van der Waals surface area contributed by atoms with Gasteiger partial charge >= 0.3 is 5.97 Å². The fraction of sp³-hybridized carbons (Fsp3) is 0.930. The molecule has 63 heavy (non-hydrogen) atoms.